The molecule has 0 heterocycles. The summed E-state index contributed by atoms with van der Waals surface area (Å²) in [6.07, 6.45) is 6.44. The van der Waals surface area contributed by atoms with Crippen LogP contribution in [0.15, 0.2) is 84.7 Å². The van der Waals surface area contributed by atoms with Gasteiger partial charge in [0, 0.05) is 5.41 Å². The third-order valence-corrected chi connectivity index (χ3v) is 5.40. The highest BCUT2D eigenvalue weighted by molar-refractivity contribution is 5.61. The quantitative estimate of drug-likeness (QED) is 0.532. The SMILES string of the molecule is C=C/C(=C\C=C(/C)O)C1(c2ccc(O)cc2)CC(C)(C)c2ccccc21. The predicted molar refractivity (Wildman–Crippen MR) is 108 cm³/mol. The number of hydrogen-bond acceptors (Lipinski definition) is 2. The summed E-state index contributed by atoms with van der Waals surface area (Å²) in [5, 5.41) is 19.5. The van der Waals surface area contributed by atoms with Gasteiger partial charge in [0.25, 0.3) is 0 Å². The molecule has 0 aliphatic heterocycles. The minimum Gasteiger partial charge on any atom is -0.513 e. The fourth-order valence-corrected chi connectivity index (χ4v) is 4.32. The average molecular weight is 346 g/mol. The maximum absolute atomic E-state index is 9.78. The molecule has 0 saturated heterocycles. The number of hydrogen-bond donors (Lipinski definition) is 2. The van der Waals surface area contributed by atoms with Crippen molar-refractivity contribution in [3.63, 3.8) is 0 Å². The average Bonchev–Trinajstić information content (AvgIpc) is 2.85. The van der Waals surface area contributed by atoms with Crippen molar-refractivity contribution in [2.45, 2.75) is 38.0 Å². The molecule has 0 radical (unpaired) electrons. The van der Waals surface area contributed by atoms with Gasteiger partial charge in [0.05, 0.1) is 5.76 Å². The lowest BCUT2D eigenvalue weighted by Gasteiger charge is -2.34. The van der Waals surface area contributed by atoms with Crippen LogP contribution in [0.2, 0.25) is 0 Å². The van der Waals surface area contributed by atoms with Gasteiger partial charge < -0.3 is 10.2 Å². The van der Waals surface area contributed by atoms with Gasteiger partial charge in [-0.25, -0.2) is 0 Å². The van der Waals surface area contributed by atoms with Gasteiger partial charge in [0.1, 0.15) is 5.75 Å². The molecule has 2 heteroatoms. The molecule has 1 atom stereocenters. The molecule has 3 rings (SSSR count). The van der Waals surface area contributed by atoms with Crippen molar-refractivity contribution in [2.24, 2.45) is 0 Å². The van der Waals surface area contributed by atoms with Gasteiger partial charge in [-0.3, -0.25) is 0 Å². The van der Waals surface area contributed by atoms with Crippen LogP contribution in [0.3, 0.4) is 0 Å². The Morgan fingerprint density at radius 2 is 1.62 bits per heavy atom. The number of rotatable bonds is 4. The lowest BCUT2D eigenvalue weighted by Crippen LogP contribution is -2.29. The van der Waals surface area contributed by atoms with Crippen LogP contribution < -0.4 is 0 Å². The molecule has 0 amide bonds. The van der Waals surface area contributed by atoms with Crippen molar-refractivity contribution in [3.8, 4) is 5.75 Å². The summed E-state index contributed by atoms with van der Waals surface area (Å²) in [5.41, 5.74) is 4.35. The maximum atomic E-state index is 9.78. The molecule has 0 spiro atoms. The monoisotopic (exact) mass is 346 g/mol. The van der Waals surface area contributed by atoms with Crippen molar-refractivity contribution >= 4 is 0 Å². The molecule has 0 bridgehead atoms. The third kappa shape index (κ3) is 2.86. The molecule has 1 unspecified atom stereocenters. The number of aromatic hydroxyl groups is 1. The van der Waals surface area contributed by atoms with Crippen LogP contribution in [0.4, 0.5) is 0 Å². The first-order chi connectivity index (χ1) is 12.3. The van der Waals surface area contributed by atoms with E-state index in [9.17, 15) is 10.2 Å². The zero-order valence-corrected chi connectivity index (χ0v) is 15.7. The van der Waals surface area contributed by atoms with Crippen molar-refractivity contribution in [2.75, 3.05) is 0 Å². The highest BCUT2D eigenvalue weighted by atomic mass is 16.3. The molecule has 2 aromatic rings. The molecular weight excluding hydrogens is 320 g/mol. The van der Waals surface area contributed by atoms with E-state index < -0.39 is 0 Å². The van der Waals surface area contributed by atoms with Crippen LogP contribution in [0, 0.1) is 0 Å². The van der Waals surface area contributed by atoms with E-state index in [-0.39, 0.29) is 22.3 Å². The molecule has 0 aromatic heterocycles. The number of aliphatic hydroxyl groups excluding tert-OH is 1. The van der Waals surface area contributed by atoms with E-state index in [0.29, 0.717) is 0 Å². The molecule has 2 N–H and O–H groups in total. The minimum atomic E-state index is -0.374. The van der Waals surface area contributed by atoms with Crippen LogP contribution >= 0.6 is 0 Å². The second-order valence-electron chi connectivity index (χ2n) is 7.69. The van der Waals surface area contributed by atoms with E-state index in [0.717, 1.165) is 17.6 Å². The first-order valence-electron chi connectivity index (χ1n) is 8.91. The van der Waals surface area contributed by atoms with E-state index in [1.165, 1.54) is 11.1 Å². The van der Waals surface area contributed by atoms with Crippen LogP contribution in [0.1, 0.15) is 43.9 Å². The number of allylic oxidation sites excluding steroid dienone is 5. The van der Waals surface area contributed by atoms with Crippen molar-refractivity contribution in [3.05, 3.63) is 101 Å². The number of aliphatic hydroxyl groups is 1. The largest absolute Gasteiger partial charge is 0.513 e. The zero-order valence-electron chi connectivity index (χ0n) is 15.7. The van der Waals surface area contributed by atoms with Gasteiger partial charge in [-0.05, 0) is 59.2 Å². The summed E-state index contributed by atoms with van der Waals surface area (Å²) in [6, 6.07) is 16.0. The van der Waals surface area contributed by atoms with Gasteiger partial charge in [-0.15, -0.1) is 0 Å². The first kappa shape index (κ1) is 18.1. The minimum absolute atomic E-state index is 0.00540. The Balaban J connectivity index is 2.35. The lowest BCUT2D eigenvalue weighted by atomic mass is 9.68. The fraction of sp³-hybridized carbons (Fsp3) is 0.250. The molecule has 134 valence electrons. The van der Waals surface area contributed by atoms with E-state index in [4.69, 9.17) is 0 Å². The number of phenols is 1. The lowest BCUT2D eigenvalue weighted by molar-refractivity contribution is 0.414. The maximum Gasteiger partial charge on any atom is 0.115 e. The number of fused-ring (bicyclic) bond motifs is 1. The van der Waals surface area contributed by atoms with Crippen LogP contribution in [0.5, 0.6) is 5.75 Å². The highest BCUT2D eigenvalue weighted by Gasteiger charge is 2.49. The standard InChI is InChI=1S/C24H26O2/c1-5-18(11-10-17(2)25)24(19-12-14-20(26)15-13-19)16-23(3,4)21-8-6-7-9-22(21)24/h5-15,25-26H,1,16H2,2-4H3/b17-10+,18-11+. The second-order valence-corrected chi connectivity index (χ2v) is 7.69. The summed E-state index contributed by atoms with van der Waals surface area (Å²) in [6.45, 7) is 10.3. The Morgan fingerprint density at radius 3 is 2.19 bits per heavy atom. The summed E-state index contributed by atoms with van der Waals surface area (Å²) in [5.74, 6) is 0.514. The van der Waals surface area contributed by atoms with Gasteiger partial charge >= 0.3 is 0 Å². The Kier molecular flexibility index (Phi) is 4.53. The van der Waals surface area contributed by atoms with E-state index >= 15 is 0 Å². The van der Waals surface area contributed by atoms with Gasteiger partial charge in [0.2, 0.25) is 0 Å². The molecule has 0 saturated carbocycles. The number of phenolic OH excluding ortho intramolecular Hbond substituents is 1. The number of benzene rings is 2. The van der Waals surface area contributed by atoms with E-state index in [2.05, 4.69) is 44.7 Å². The Bertz CT molecular complexity index is 881. The normalized spacial score (nSPS) is 22.1. The highest BCUT2D eigenvalue weighted by Crippen LogP contribution is 2.56. The molecular formula is C24H26O2. The van der Waals surface area contributed by atoms with E-state index in [1.807, 2.05) is 24.3 Å². The first-order valence-corrected chi connectivity index (χ1v) is 8.91. The van der Waals surface area contributed by atoms with Gasteiger partial charge in [-0.2, -0.15) is 0 Å². The van der Waals surface area contributed by atoms with E-state index in [1.54, 1.807) is 25.1 Å². The molecule has 2 nitrogen and oxygen atoms in total. The molecule has 1 aliphatic carbocycles. The summed E-state index contributed by atoms with van der Waals surface area (Å²) < 4.78 is 0. The predicted octanol–water partition coefficient (Wildman–Crippen LogP) is 5.93. The fourth-order valence-electron chi connectivity index (χ4n) is 4.32. The summed E-state index contributed by atoms with van der Waals surface area (Å²) in [7, 11) is 0. The van der Waals surface area contributed by atoms with Crippen LogP contribution in [-0.2, 0) is 10.8 Å². The summed E-state index contributed by atoms with van der Waals surface area (Å²) >= 11 is 0. The van der Waals surface area contributed by atoms with Crippen molar-refractivity contribution < 1.29 is 10.2 Å². The Labute approximate surface area is 155 Å². The smallest absolute Gasteiger partial charge is 0.115 e. The van der Waals surface area contributed by atoms with Crippen LogP contribution in [-0.4, -0.2) is 10.2 Å². The Morgan fingerprint density at radius 1 is 1.00 bits per heavy atom. The molecule has 26 heavy (non-hydrogen) atoms. The molecule has 1 aliphatic rings. The third-order valence-electron chi connectivity index (χ3n) is 5.40. The summed E-state index contributed by atoms with van der Waals surface area (Å²) in [4.78, 5) is 0. The van der Waals surface area contributed by atoms with Crippen molar-refractivity contribution in [1.29, 1.82) is 0 Å². The zero-order chi connectivity index (χ0) is 18.9. The molecule has 2 aromatic carbocycles. The van der Waals surface area contributed by atoms with Crippen molar-refractivity contribution in [1.82, 2.24) is 0 Å². The Hall–Kier alpha value is -2.74. The molecule has 0 fully saturated rings. The van der Waals surface area contributed by atoms with Gasteiger partial charge in [-0.1, -0.05) is 69.0 Å². The second kappa shape index (κ2) is 6.53. The topological polar surface area (TPSA) is 40.5 Å². The van der Waals surface area contributed by atoms with Crippen LogP contribution in [0.25, 0.3) is 0 Å². The van der Waals surface area contributed by atoms with Gasteiger partial charge in [0.15, 0.2) is 0 Å².